The van der Waals surface area contributed by atoms with Crippen LogP contribution in [0.4, 0.5) is 0 Å². The molecule has 16 heavy (non-hydrogen) atoms. The van der Waals surface area contributed by atoms with Gasteiger partial charge >= 0.3 is 0 Å². The predicted molar refractivity (Wildman–Crippen MR) is 62.9 cm³/mol. The van der Waals surface area contributed by atoms with E-state index < -0.39 is 15.9 Å². The molecule has 0 amide bonds. The maximum atomic E-state index is 11.7. The van der Waals surface area contributed by atoms with Crippen LogP contribution in [-0.2, 0) is 15.6 Å². The zero-order valence-electron chi connectivity index (χ0n) is 8.70. The van der Waals surface area contributed by atoms with Gasteiger partial charge in [0, 0.05) is 0 Å². The lowest BCUT2D eigenvalue weighted by atomic mass is 10.2. The Kier molecular flexibility index (Phi) is 4.20. The van der Waals surface area contributed by atoms with Gasteiger partial charge in [0.25, 0.3) is 0 Å². The summed E-state index contributed by atoms with van der Waals surface area (Å²) in [6.45, 7) is 3.19. The molecule has 0 radical (unpaired) electrons. The van der Waals surface area contributed by atoms with Crippen LogP contribution in [-0.4, -0.2) is 26.9 Å². The Bertz CT molecular complexity index is 488. The van der Waals surface area contributed by atoms with Gasteiger partial charge in [0.1, 0.15) is 6.04 Å². The lowest BCUT2D eigenvalue weighted by molar-refractivity contribution is 0.592. The summed E-state index contributed by atoms with van der Waals surface area (Å²) in [6.07, 6.45) is 0. The molecule has 0 heterocycles. The van der Waals surface area contributed by atoms with E-state index in [9.17, 15) is 8.42 Å². The molecule has 0 spiro atoms. The Balaban J connectivity index is 2.74. The summed E-state index contributed by atoms with van der Waals surface area (Å²) in [4.78, 5) is 3.44. The van der Waals surface area contributed by atoms with E-state index in [1.807, 2.05) is 6.07 Å². The standard InChI is InChI=1S/C11H12N2O2S/c1-13-11(7-12)9-16(14,15)8-10-5-3-2-4-6-10/h2-6,11H,1,8-9H2. The molecule has 0 N–H and O–H groups in total. The highest BCUT2D eigenvalue weighted by molar-refractivity contribution is 7.90. The van der Waals surface area contributed by atoms with Gasteiger partial charge in [0.2, 0.25) is 0 Å². The topological polar surface area (TPSA) is 70.3 Å². The summed E-state index contributed by atoms with van der Waals surface area (Å²) in [5.74, 6) is -0.344. The minimum Gasteiger partial charge on any atom is -0.281 e. The van der Waals surface area contributed by atoms with Gasteiger partial charge in [-0.15, -0.1) is 0 Å². The average molecular weight is 236 g/mol. The van der Waals surface area contributed by atoms with E-state index in [1.54, 1.807) is 30.3 Å². The molecule has 4 nitrogen and oxygen atoms in total. The fraction of sp³-hybridized carbons (Fsp3) is 0.273. The third-order valence-corrected chi connectivity index (χ3v) is 3.61. The highest BCUT2D eigenvalue weighted by atomic mass is 32.2. The Labute approximate surface area is 95.2 Å². The highest BCUT2D eigenvalue weighted by Gasteiger charge is 2.17. The zero-order valence-corrected chi connectivity index (χ0v) is 9.52. The molecule has 0 bridgehead atoms. The van der Waals surface area contributed by atoms with Gasteiger partial charge in [-0.3, -0.25) is 4.99 Å². The molecule has 0 fully saturated rings. The van der Waals surface area contributed by atoms with Gasteiger partial charge in [-0.1, -0.05) is 30.3 Å². The molecule has 0 aliphatic heterocycles. The average Bonchev–Trinajstić information content (AvgIpc) is 2.26. The molecule has 1 atom stereocenters. The molecule has 0 saturated heterocycles. The van der Waals surface area contributed by atoms with E-state index in [0.29, 0.717) is 5.56 Å². The SMILES string of the molecule is C=NC(C#N)CS(=O)(=O)Cc1ccccc1. The minimum absolute atomic E-state index is 0.0679. The van der Waals surface area contributed by atoms with Crippen molar-refractivity contribution in [1.82, 2.24) is 0 Å². The van der Waals surface area contributed by atoms with Crippen molar-refractivity contribution in [3.8, 4) is 6.07 Å². The molecule has 0 aliphatic carbocycles. The number of nitriles is 1. The Morgan fingerprint density at radius 2 is 2.00 bits per heavy atom. The minimum atomic E-state index is -3.31. The van der Waals surface area contributed by atoms with Crippen molar-refractivity contribution in [1.29, 1.82) is 5.26 Å². The van der Waals surface area contributed by atoms with Crippen LogP contribution in [0, 0.1) is 11.3 Å². The van der Waals surface area contributed by atoms with E-state index >= 15 is 0 Å². The maximum absolute atomic E-state index is 11.7. The molecule has 5 heteroatoms. The smallest absolute Gasteiger partial charge is 0.157 e. The van der Waals surface area contributed by atoms with Gasteiger partial charge in [-0.25, -0.2) is 8.42 Å². The van der Waals surface area contributed by atoms with Crippen LogP contribution in [0.25, 0.3) is 0 Å². The molecular weight excluding hydrogens is 224 g/mol. The number of benzene rings is 1. The molecule has 1 rings (SSSR count). The fourth-order valence-corrected chi connectivity index (χ4v) is 2.74. The largest absolute Gasteiger partial charge is 0.281 e. The van der Waals surface area contributed by atoms with Crippen molar-refractivity contribution >= 4 is 16.6 Å². The molecule has 0 aliphatic rings. The second-order valence-electron chi connectivity index (χ2n) is 3.37. The lowest BCUT2D eigenvalue weighted by Gasteiger charge is -2.05. The van der Waals surface area contributed by atoms with Gasteiger partial charge in [-0.05, 0) is 12.3 Å². The van der Waals surface area contributed by atoms with Crippen LogP contribution in [0.3, 0.4) is 0 Å². The first-order valence-corrected chi connectivity index (χ1v) is 6.49. The maximum Gasteiger partial charge on any atom is 0.157 e. The second-order valence-corrected chi connectivity index (χ2v) is 5.48. The number of hydrogen-bond acceptors (Lipinski definition) is 4. The van der Waals surface area contributed by atoms with E-state index in [0.717, 1.165) is 0 Å². The molecular formula is C11H12N2O2S. The van der Waals surface area contributed by atoms with Gasteiger partial charge < -0.3 is 0 Å². The summed E-state index contributed by atoms with van der Waals surface area (Å²) in [6, 6.07) is 9.75. The van der Waals surface area contributed by atoms with Crippen LogP contribution >= 0.6 is 0 Å². The van der Waals surface area contributed by atoms with E-state index in [2.05, 4.69) is 11.7 Å². The molecule has 1 unspecified atom stereocenters. The van der Waals surface area contributed by atoms with Gasteiger partial charge in [0.15, 0.2) is 9.84 Å². The first kappa shape index (κ1) is 12.4. The highest BCUT2D eigenvalue weighted by Crippen LogP contribution is 2.08. The van der Waals surface area contributed by atoms with Crippen molar-refractivity contribution < 1.29 is 8.42 Å². The van der Waals surface area contributed by atoms with Crippen LogP contribution in [0.1, 0.15) is 5.56 Å². The van der Waals surface area contributed by atoms with Gasteiger partial charge in [-0.2, -0.15) is 5.26 Å². The first-order chi connectivity index (χ1) is 7.57. The zero-order chi connectivity index (χ0) is 12.0. The first-order valence-electron chi connectivity index (χ1n) is 4.67. The number of aliphatic imine (C=N–C) groups is 1. The van der Waals surface area contributed by atoms with Crippen LogP contribution in [0.5, 0.6) is 0 Å². The van der Waals surface area contributed by atoms with Crippen LogP contribution in [0.2, 0.25) is 0 Å². The number of nitrogens with zero attached hydrogens (tertiary/aromatic N) is 2. The fourth-order valence-electron chi connectivity index (χ4n) is 1.26. The number of sulfone groups is 1. The quantitative estimate of drug-likeness (QED) is 0.721. The Hall–Kier alpha value is -1.67. The Morgan fingerprint density at radius 1 is 1.38 bits per heavy atom. The molecule has 84 valence electrons. The van der Waals surface area contributed by atoms with E-state index in [-0.39, 0.29) is 11.5 Å². The Morgan fingerprint density at radius 3 is 2.50 bits per heavy atom. The monoisotopic (exact) mass is 236 g/mol. The van der Waals surface area contributed by atoms with E-state index in [1.165, 1.54) is 0 Å². The van der Waals surface area contributed by atoms with Crippen molar-refractivity contribution in [3.63, 3.8) is 0 Å². The van der Waals surface area contributed by atoms with Gasteiger partial charge in [0.05, 0.1) is 17.6 Å². The molecule has 1 aromatic rings. The lowest BCUT2D eigenvalue weighted by Crippen LogP contribution is -2.19. The van der Waals surface area contributed by atoms with Crippen LogP contribution < -0.4 is 0 Å². The number of rotatable bonds is 5. The van der Waals surface area contributed by atoms with Crippen LogP contribution in [0.15, 0.2) is 35.3 Å². The molecule has 1 aromatic carbocycles. The normalized spacial score (nSPS) is 12.7. The summed E-state index contributed by atoms with van der Waals surface area (Å²) in [5, 5.41) is 8.61. The predicted octanol–water partition coefficient (Wildman–Crippen LogP) is 1.19. The van der Waals surface area contributed by atoms with Crippen molar-refractivity contribution in [2.75, 3.05) is 5.75 Å². The summed E-state index contributed by atoms with van der Waals surface area (Å²) in [7, 11) is -3.31. The van der Waals surface area contributed by atoms with Crippen molar-refractivity contribution in [2.24, 2.45) is 4.99 Å². The summed E-state index contributed by atoms with van der Waals surface area (Å²) < 4.78 is 23.4. The third-order valence-electron chi connectivity index (χ3n) is 2.01. The molecule has 0 aromatic heterocycles. The molecule has 0 saturated carbocycles. The second kappa shape index (κ2) is 5.42. The van der Waals surface area contributed by atoms with Crippen molar-refractivity contribution in [2.45, 2.75) is 11.8 Å². The summed E-state index contributed by atoms with van der Waals surface area (Å²) in [5.41, 5.74) is 0.711. The number of hydrogen-bond donors (Lipinski definition) is 0. The summed E-state index contributed by atoms with van der Waals surface area (Å²) >= 11 is 0. The van der Waals surface area contributed by atoms with E-state index in [4.69, 9.17) is 5.26 Å². The third kappa shape index (κ3) is 3.83. The van der Waals surface area contributed by atoms with Crippen molar-refractivity contribution in [3.05, 3.63) is 35.9 Å².